The van der Waals surface area contributed by atoms with Crippen molar-refractivity contribution < 1.29 is 19.9 Å². The van der Waals surface area contributed by atoms with Crippen LogP contribution in [-0.4, -0.2) is 21.1 Å². The van der Waals surface area contributed by atoms with Crippen molar-refractivity contribution in [2.45, 2.75) is 0 Å². The summed E-state index contributed by atoms with van der Waals surface area (Å²) in [5.74, 6) is -2.35. The first-order valence-electron chi connectivity index (χ1n) is 3.89. The van der Waals surface area contributed by atoms with Gasteiger partial charge in [-0.1, -0.05) is 12.1 Å². The smallest absolute Gasteiger partial charge is 0.370 e. The summed E-state index contributed by atoms with van der Waals surface area (Å²) in [6.45, 7) is 0. The van der Waals surface area contributed by atoms with Crippen molar-refractivity contribution in [1.82, 2.24) is 0 Å². The Labute approximate surface area is 84.2 Å². The highest BCUT2D eigenvalue weighted by Gasteiger charge is 2.07. The number of hydrogen-bond acceptors (Lipinski definition) is 4. The van der Waals surface area contributed by atoms with Gasteiger partial charge in [-0.05, 0) is 11.6 Å². The van der Waals surface area contributed by atoms with Gasteiger partial charge in [-0.2, -0.15) is 0 Å². The van der Waals surface area contributed by atoms with E-state index in [1.807, 2.05) is 0 Å². The van der Waals surface area contributed by atoms with Gasteiger partial charge in [-0.25, -0.2) is 4.79 Å². The van der Waals surface area contributed by atoms with E-state index < -0.39 is 16.7 Å². The maximum absolute atomic E-state index is 10.4. The highest BCUT2D eigenvalue weighted by atomic mass is 16.6. The fraction of sp³-hybridized carbons (Fsp3) is 0. The molecule has 0 aliphatic heterocycles. The number of rotatable bonds is 3. The van der Waals surface area contributed by atoms with Crippen LogP contribution in [0, 0.1) is 10.1 Å². The highest BCUT2D eigenvalue weighted by Crippen LogP contribution is 2.15. The fourth-order valence-corrected chi connectivity index (χ4v) is 0.948. The van der Waals surface area contributed by atoms with Crippen molar-refractivity contribution in [3.05, 3.63) is 45.7 Å². The summed E-state index contributed by atoms with van der Waals surface area (Å²) >= 11 is 0. The molecule has 0 amide bonds. The largest absolute Gasteiger partial charge is 0.502 e. The SMILES string of the molecule is O=C(O)/C(O)=C\c1cccc([N+](=O)[O-])c1. The Balaban J connectivity index is 3.06. The van der Waals surface area contributed by atoms with Crippen LogP contribution in [0.4, 0.5) is 5.69 Å². The number of aliphatic carboxylic acids is 1. The summed E-state index contributed by atoms with van der Waals surface area (Å²) in [7, 11) is 0. The molecule has 0 saturated heterocycles. The van der Waals surface area contributed by atoms with Crippen molar-refractivity contribution in [2.24, 2.45) is 0 Å². The van der Waals surface area contributed by atoms with E-state index in [0.29, 0.717) is 0 Å². The van der Waals surface area contributed by atoms with E-state index in [4.69, 9.17) is 10.2 Å². The highest BCUT2D eigenvalue weighted by molar-refractivity contribution is 5.89. The van der Waals surface area contributed by atoms with E-state index in [1.54, 1.807) is 0 Å². The Kier molecular flexibility index (Phi) is 3.02. The number of benzene rings is 1. The first-order chi connectivity index (χ1) is 7.00. The molecular formula is C9H7NO5. The van der Waals surface area contributed by atoms with Crippen LogP contribution in [0.15, 0.2) is 30.0 Å². The topological polar surface area (TPSA) is 101 Å². The van der Waals surface area contributed by atoms with E-state index in [2.05, 4.69) is 0 Å². The predicted octanol–water partition coefficient (Wildman–Crippen LogP) is 1.58. The van der Waals surface area contributed by atoms with E-state index in [-0.39, 0.29) is 11.3 Å². The number of nitro benzene ring substituents is 1. The third-order valence-electron chi connectivity index (χ3n) is 1.60. The summed E-state index contributed by atoms with van der Waals surface area (Å²) in [4.78, 5) is 20.0. The number of nitro groups is 1. The minimum Gasteiger partial charge on any atom is -0.502 e. The Morgan fingerprint density at radius 3 is 2.60 bits per heavy atom. The van der Waals surface area contributed by atoms with Gasteiger partial charge >= 0.3 is 5.97 Å². The molecule has 0 saturated carbocycles. The first kappa shape index (κ1) is 10.7. The Morgan fingerprint density at radius 1 is 1.40 bits per heavy atom. The number of hydrogen-bond donors (Lipinski definition) is 2. The van der Waals surface area contributed by atoms with Crippen molar-refractivity contribution >= 4 is 17.7 Å². The molecule has 6 nitrogen and oxygen atoms in total. The predicted molar refractivity (Wildman–Crippen MR) is 51.3 cm³/mol. The molecule has 0 heterocycles. The van der Waals surface area contributed by atoms with Crippen LogP contribution in [-0.2, 0) is 4.79 Å². The third-order valence-corrected chi connectivity index (χ3v) is 1.60. The van der Waals surface area contributed by atoms with Crippen LogP contribution in [0.1, 0.15) is 5.56 Å². The summed E-state index contributed by atoms with van der Waals surface area (Å²) in [5.41, 5.74) is 0.0889. The monoisotopic (exact) mass is 209 g/mol. The van der Waals surface area contributed by atoms with Gasteiger partial charge in [0.15, 0.2) is 0 Å². The fourth-order valence-electron chi connectivity index (χ4n) is 0.948. The average Bonchev–Trinajstić information content (AvgIpc) is 2.18. The van der Waals surface area contributed by atoms with Crippen molar-refractivity contribution in [2.75, 3.05) is 0 Å². The molecule has 6 heteroatoms. The van der Waals surface area contributed by atoms with E-state index in [9.17, 15) is 14.9 Å². The molecule has 0 spiro atoms. The van der Waals surface area contributed by atoms with Crippen LogP contribution >= 0.6 is 0 Å². The van der Waals surface area contributed by atoms with Gasteiger partial charge in [0.1, 0.15) is 0 Å². The molecule has 0 fully saturated rings. The summed E-state index contributed by atoms with van der Waals surface area (Å²) in [6.07, 6.45) is 0.940. The second kappa shape index (κ2) is 4.23. The van der Waals surface area contributed by atoms with Gasteiger partial charge in [0, 0.05) is 12.1 Å². The van der Waals surface area contributed by atoms with Gasteiger partial charge < -0.3 is 10.2 Å². The number of nitrogens with zero attached hydrogens (tertiary/aromatic N) is 1. The minimum atomic E-state index is -1.48. The molecule has 1 aromatic rings. The molecule has 0 aliphatic rings. The summed E-state index contributed by atoms with van der Waals surface area (Å²) in [5, 5.41) is 27.6. The lowest BCUT2D eigenvalue weighted by molar-refractivity contribution is -0.384. The number of carboxylic acid groups (broad SMARTS) is 1. The average molecular weight is 209 g/mol. The van der Waals surface area contributed by atoms with E-state index in [1.165, 1.54) is 24.3 Å². The molecular weight excluding hydrogens is 202 g/mol. The zero-order chi connectivity index (χ0) is 11.4. The maximum Gasteiger partial charge on any atom is 0.370 e. The van der Waals surface area contributed by atoms with E-state index in [0.717, 1.165) is 6.08 Å². The molecule has 1 rings (SSSR count). The summed E-state index contributed by atoms with van der Waals surface area (Å²) < 4.78 is 0. The third kappa shape index (κ3) is 2.80. The van der Waals surface area contributed by atoms with Gasteiger partial charge in [0.05, 0.1) is 4.92 Å². The molecule has 0 bridgehead atoms. The summed E-state index contributed by atoms with van der Waals surface area (Å²) in [6, 6.07) is 5.29. The Morgan fingerprint density at radius 2 is 2.07 bits per heavy atom. The minimum absolute atomic E-state index is 0.165. The second-order valence-electron chi connectivity index (χ2n) is 2.69. The lowest BCUT2D eigenvalue weighted by atomic mass is 10.2. The normalized spacial score (nSPS) is 11.1. The van der Waals surface area contributed by atoms with Crippen LogP contribution < -0.4 is 0 Å². The Bertz CT molecular complexity index is 438. The molecule has 2 N–H and O–H groups in total. The van der Waals surface area contributed by atoms with Gasteiger partial charge in [-0.3, -0.25) is 10.1 Å². The van der Waals surface area contributed by atoms with Gasteiger partial charge in [0.25, 0.3) is 5.69 Å². The lowest BCUT2D eigenvalue weighted by Gasteiger charge is -1.95. The lowest BCUT2D eigenvalue weighted by Crippen LogP contribution is -1.98. The van der Waals surface area contributed by atoms with Crippen LogP contribution in [0.25, 0.3) is 6.08 Å². The Hall–Kier alpha value is -2.37. The number of carbonyl (C=O) groups is 1. The number of carboxylic acids is 1. The molecule has 0 aromatic heterocycles. The first-order valence-corrected chi connectivity index (χ1v) is 3.89. The number of aliphatic hydroxyl groups excluding tert-OH is 1. The second-order valence-corrected chi connectivity index (χ2v) is 2.69. The zero-order valence-corrected chi connectivity index (χ0v) is 7.45. The molecule has 78 valence electrons. The standard InChI is InChI=1S/C9H7NO5/c11-8(9(12)13)5-6-2-1-3-7(4-6)10(14)15/h1-5,11H,(H,12,13)/b8-5+. The maximum atomic E-state index is 10.4. The van der Waals surface area contributed by atoms with Crippen LogP contribution in [0.3, 0.4) is 0 Å². The van der Waals surface area contributed by atoms with Crippen LogP contribution in [0.2, 0.25) is 0 Å². The molecule has 1 aromatic carbocycles. The molecule has 15 heavy (non-hydrogen) atoms. The molecule has 0 unspecified atom stereocenters. The van der Waals surface area contributed by atoms with Crippen molar-refractivity contribution in [3.63, 3.8) is 0 Å². The number of non-ortho nitro benzene ring substituents is 1. The molecule has 0 atom stereocenters. The van der Waals surface area contributed by atoms with Crippen LogP contribution in [0.5, 0.6) is 0 Å². The van der Waals surface area contributed by atoms with E-state index >= 15 is 0 Å². The van der Waals surface area contributed by atoms with Gasteiger partial charge in [-0.15, -0.1) is 0 Å². The van der Waals surface area contributed by atoms with Crippen molar-refractivity contribution in [3.8, 4) is 0 Å². The molecule has 0 radical (unpaired) electrons. The number of aliphatic hydroxyl groups is 1. The van der Waals surface area contributed by atoms with Gasteiger partial charge in [0.2, 0.25) is 5.76 Å². The molecule has 0 aliphatic carbocycles. The zero-order valence-electron chi connectivity index (χ0n) is 7.45. The quantitative estimate of drug-likeness (QED) is 0.340. The van der Waals surface area contributed by atoms with Crippen molar-refractivity contribution in [1.29, 1.82) is 0 Å².